The van der Waals surface area contributed by atoms with E-state index in [1.807, 2.05) is 6.07 Å². The molecule has 0 saturated heterocycles. The zero-order chi connectivity index (χ0) is 13.7. The second-order valence-electron chi connectivity index (χ2n) is 4.93. The minimum Gasteiger partial charge on any atom is -0.380 e. The fourth-order valence-corrected chi connectivity index (χ4v) is 2.57. The zero-order valence-electron chi connectivity index (χ0n) is 10.7. The molecule has 0 aliphatic heterocycles. The highest BCUT2D eigenvalue weighted by atomic mass is 19.1. The molecule has 2 unspecified atom stereocenters. The number of rotatable bonds is 2. The Bertz CT molecular complexity index is 527. The van der Waals surface area contributed by atoms with E-state index in [0.29, 0.717) is 11.3 Å². The van der Waals surface area contributed by atoms with Crippen LogP contribution in [0.3, 0.4) is 0 Å². The molecule has 2 rings (SSSR count). The monoisotopic (exact) mass is 257 g/mol. The summed E-state index contributed by atoms with van der Waals surface area (Å²) in [4.78, 5) is 0. The quantitative estimate of drug-likeness (QED) is 0.824. The van der Waals surface area contributed by atoms with E-state index in [1.165, 1.54) is 12.1 Å². The molecule has 2 atom stereocenters. The van der Waals surface area contributed by atoms with E-state index in [-0.39, 0.29) is 12.0 Å². The van der Waals surface area contributed by atoms with Gasteiger partial charge in [-0.3, -0.25) is 0 Å². The van der Waals surface area contributed by atoms with Gasteiger partial charge in [0.05, 0.1) is 23.2 Å². The number of anilines is 1. The first-order valence-electron chi connectivity index (χ1n) is 6.60. The van der Waals surface area contributed by atoms with Crippen molar-refractivity contribution in [2.75, 3.05) is 5.32 Å². The average molecular weight is 257 g/mol. The Morgan fingerprint density at radius 1 is 1.16 bits per heavy atom. The van der Waals surface area contributed by atoms with Crippen molar-refractivity contribution < 1.29 is 4.39 Å². The Labute approximate surface area is 112 Å². The van der Waals surface area contributed by atoms with Gasteiger partial charge in [0.15, 0.2) is 0 Å². The van der Waals surface area contributed by atoms with Crippen LogP contribution in [0.15, 0.2) is 18.2 Å². The van der Waals surface area contributed by atoms with Gasteiger partial charge in [-0.2, -0.15) is 10.5 Å². The van der Waals surface area contributed by atoms with Crippen molar-refractivity contribution in [2.45, 2.75) is 38.1 Å². The van der Waals surface area contributed by atoms with Crippen molar-refractivity contribution >= 4 is 5.69 Å². The maximum atomic E-state index is 13.1. The van der Waals surface area contributed by atoms with Crippen molar-refractivity contribution in [2.24, 2.45) is 5.92 Å². The molecule has 0 bridgehead atoms. The summed E-state index contributed by atoms with van der Waals surface area (Å²) in [7, 11) is 0. The van der Waals surface area contributed by atoms with Gasteiger partial charge in [-0.25, -0.2) is 4.39 Å². The minimum absolute atomic E-state index is 0.0425. The van der Waals surface area contributed by atoms with Crippen LogP contribution >= 0.6 is 0 Å². The van der Waals surface area contributed by atoms with Crippen LogP contribution < -0.4 is 5.32 Å². The van der Waals surface area contributed by atoms with Gasteiger partial charge in [-0.1, -0.05) is 19.3 Å². The number of halogens is 1. The van der Waals surface area contributed by atoms with Crippen LogP contribution in [0, 0.1) is 34.4 Å². The van der Waals surface area contributed by atoms with Crippen molar-refractivity contribution in [1.82, 2.24) is 0 Å². The Morgan fingerprint density at radius 3 is 2.68 bits per heavy atom. The lowest BCUT2D eigenvalue weighted by atomic mass is 9.95. The Kier molecular flexibility index (Phi) is 4.36. The topological polar surface area (TPSA) is 59.6 Å². The lowest BCUT2D eigenvalue weighted by Gasteiger charge is -2.22. The molecule has 0 aromatic heterocycles. The third kappa shape index (κ3) is 3.23. The largest absolute Gasteiger partial charge is 0.380 e. The average Bonchev–Trinajstić information content (AvgIpc) is 2.65. The molecule has 0 heterocycles. The number of nitriles is 2. The molecule has 1 aromatic carbocycles. The number of nitrogens with zero attached hydrogens (tertiary/aromatic N) is 2. The van der Waals surface area contributed by atoms with Gasteiger partial charge in [-0.15, -0.1) is 0 Å². The molecule has 1 saturated carbocycles. The fourth-order valence-electron chi connectivity index (χ4n) is 2.57. The Morgan fingerprint density at radius 2 is 1.95 bits per heavy atom. The summed E-state index contributed by atoms with van der Waals surface area (Å²) < 4.78 is 13.1. The van der Waals surface area contributed by atoms with E-state index in [1.54, 1.807) is 6.07 Å². The number of hydrogen-bond donors (Lipinski definition) is 1. The SMILES string of the molecule is N#Cc1cc(F)ccc1NC1CCCCCC1C#N. The smallest absolute Gasteiger partial charge is 0.124 e. The maximum absolute atomic E-state index is 13.1. The van der Waals surface area contributed by atoms with E-state index >= 15 is 0 Å². The van der Waals surface area contributed by atoms with Gasteiger partial charge in [0, 0.05) is 6.04 Å². The lowest BCUT2D eigenvalue weighted by molar-refractivity contribution is 0.514. The van der Waals surface area contributed by atoms with Gasteiger partial charge in [0.25, 0.3) is 0 Å². The van der Waals surface area contributed by atoms with E-state index in [2.05, 4.69) is 11.4 Å². The van der Waals surface area contributed by atoms with Crippen LogP contribution in [0.1, 0.15) is 37.7 Å². The summed E-state index contributed by atoms with van der Waals surface area (Å²) in [6.07, 6.45) is 5.10. The Balaban J connectivity index is 2.19. The van der Waals surface area contributed by atoms with Crippen LogP contribution in [-0.4, -0.2) is 6.04 Å². The van der Waals surface area contributed by atoms with Gasteiger partial charge >= 0.3 is 0 Å². The summed E-state index contributed by atoms with van der Waals surface area (Å²) >= 11 is 0. The standard InChI is InChI=1S/C15H16FN3/c16-13-6-7-15(12(8-13)10-18)19-14-5-3-1-2-4-11(14)9-17/h6-8,11,14,19H,1-5H2. The highest BCUT2D eigenvalue weighted by Crippen LogP contribution is 2.27. The molecule has 3 nitrogen and oxygen atoms in total. The predicted molar refractivity (Wildman–Crippen MR) is 70.7 cm³/mol. The van der Waals surface area contributed by atoms with Crippen molar-refractivity contribution in [3.63, 3.8) is 0 Å². The van der Waals surface area contributed by atoms with Crippen LogP contribution in [0.25, 0.3) is 0 Å². The van der Waals surface area contributed by atoms with Gasteiger partial charge in [0.1, 0.15) is 11.9 Å². The van der Waals surface area contributed by atoms with Crippen molar-refractivity contribution in [1.29, 1.82) is 10.5 Å². The maximum Gasteiger partial charge on any atom is 0.124 e. The van der Waals surface area contributed by atoms with E-state index in [4.69, 9.17) is 5.26 Å². The lowest BCUT2D eigenvalue weighted by Crippen LogP contribution is -2.27. The second kappa shape index (κ2) is 6.20. The van der Waals surface area contributed by atoms with E-state index in [9.17, 15) is 9.65 Å². The first kappa shape index (κ1) is 13.4. The first-order chi connectivity index (χ1) is 9.24. The molecule has 1 fully saturated rings. The number of nitrogens with one attached hydrogen (secondary N) is 1. The van der Waals surface area contributed by atoms with Gasteiger partial charge in [0.2, 0.25) is 0 Å². The molecule has 19 heavy (non-hydrogen) atoms. The zero-order valence-corrected chi connectivity index (χ0v) is 10.7. The van der Waals surface area contributed by atoms with Crippen molar-refractivity contribution in [3.8, 4) is 12.1 Å². The summed E-state index contributed by atoms with van der Waals surface area (Å²) in [6.45, 7) is 0. The third-order valence-electron chi connectivity index (χ3n) is 3.62. The molecule has 1 aromatic rings. The van der Waals surface area contributed by atoms with Gasteiger partial charge < -0.3 is 5.32 Å². The summed E-state index contributed by atoms with van der Waals surface area (Å²) in [5.41, 5.74) is 0.914. The molecule has 1 aliphatic carbocycles. The molecule has 0 radical (unpaired) electrons. The summed E-state index contributed by atoms with van der Waals surface area (Å²) in [5.74, 6) is -0.459. The fraction of sp³-hybridized carbons (Fsp3) is 0.467. The molecule has 1 N–H and O–H groups in total. The highest BCUT2D eigenvalue weighted by Gasteiger charge is 2.24. The minimum atomic E-state index is -0.417. The first-order valence-corrected chi connectivity index (χ1v) is 6.60. The molecule has 1 aliphatic rings. The predicted octanol–water partition coefficient (Wildman–Crippen LogP) is 3.58. The third-order valence-corrected chi connectivity index (χ3v) is 3.62. The molecule has 0 amide bonds. The van der Waals surface area contributed by atoms with E-state index < -0.39 is 5.82 Å². The van der Waals surface area contributed by atoms with Gasteiger partial charge in [-0.05, 0) is 31.0 Å². The number of hydrogen-bond acceptors (Lipinski definition) is 3. The van der Waals surface area contributed by atoms with Crippen LogP contribution in [-0.2, 0) is 0 Å². The normalized spacial score (nSPS) is 22.9. The number of benzene rings is 1. The van der Waals surface area contributed by atoms with Crippen LogP contribution in [0.4, 0.5) is 10.1 Å². The van der Waals surface area contributed by atoms with Crippen LogP contribution in [0.5, 0.6) is 0 Å². The molecular weight excluding hydrogens is 241 g/mol. The summed E-state index contributed by atoms with van der Waals surface area (Å²) in [6, 6.07) is 8.51. The molecule has 4 heteroatoms. The highest BCUT2D eigenvalue weighted by molar-refractivity contribution is 5.58. The summed E-state index contributed by atoms with van der Waals surface area (Å²) in [5, 5.41) is 21.5. The molecular formula is C15H16FN3. The molecule has 98 valence electrons. The van der Waals surface area contributed by atoms with Crippen molar-refractivity contribution in [3.05, 3.63) is 29.6 Å². The van der Waals surface area contributed by atoms with E-state index in [0.717, 1.165) is 32.1 Å². The molecule has 0 spiro atoms. The Hall–Kier alpha value is -2.07. The van der Waals surface area contributed by atoms with Crippen LogP contribution in [0.2, 0.25) is 0 Å². The second-order valence-corrected chi connectivity index (χ2v) is 4.93.